The molecule has 0 radical (unpaired) electrons. The summed E-state index contributed by atoms with van der Waals surface area (Å²) < 4.78 is -0.320. The van der Waals surface area contributed by atoms with Crippen LogP contribution in [0.1, 0.15) is 15.9 Å². The number of amides is 1. The molecule has 4 rings (SSSR count). The molecule has 3 aromatic rings. The van der Waals surface area contributed by atoms with Crippen LogP contribution >= 0.6 is 47.8 Å². The summed E-state index contributed by atoms with van der Waals surface area (Å²) in [6.07, 6.45) is 2.58. The standard InChI is InChI=1S/C23H23Br3N4O/c1-29-10-12-30(13-11-29)22(31)17-3-5-18(6-4-17)28-20-8-9-27-21-14-16(2-7-19(20)21)15-23(24,25)26/h2-9,14H,10-13,15H2,1H3,(H,27,28). The van der Waals surface area contributed by atoms with Gasteiger partial charge in [-0.2, -0.15) is 0 Å². The third kappa shape index (κ3) is 5.86. The molecular weight excluding hydrogens is 588 g/mol. The molecule has 0 bridgehead atoms. The van der Waals surface area contributed by atoms with Gasteiger partial charge in [0.25, 0.3) is 5.91 Å². The van der Waals surface area contributed by atoms with Crippen molar-refractivity contribution in [2.24, 2.45) is 0 Å². The number of alkyl halides is 3. The van der Waals surface area contributed by atoms with Gasteiger partial charge >= 0.3 is 0 Å². The van der Waals surface area contributed by atoms with Crippen molar-refractivity contribution in [3.05, 3.63) is 65.9 Å². The van der Waals surface area contributed by atoms with Gasteiger partial charge in [-0.1, -0.05) is 59.9 Å². The monoisotopic (exact) mass is 608 g/mol. The molecule has 1 fully saturated rings. The van der Waals surface area contributed by atoms with Crippen LogP contribution in [0.3, 0.4) is 0 Å². The van der Waals surface area contributed by atoms with E-state index < -0.39 is 0 Å². The number of nitrogens with zero attached hydrogens (tertiary/aromatic N) is 3. The van der Waals surface area contributed by atoms with Crippen molar-refractivity contribution >= 4 is 76.0 Å². The van der Waals surface area contributed by atoms with E-state index in [2.05, 4.69) is 88.2 Å². The number of pyridine rings is 1. The number of anilines is 2. The number of piperazine rings is 1. The fourth-order valence-electron chi connectivity index (χ4n) is 3.69. The first-order valence-electron chi connectivity index (χ1n) is 10.1. The molecule has 2 heterocycles. The molecule has 1 N–H and O–H groups in total. The van der Waals surface area contributed by atoms with Gasteiger partial charge < -0.3 is 15.1 Å². The highest BCUT2D eigenvalue weighted by Gasteiger charge is 2.20. The molecule has 1 amide bonds. The molecule has 1 aliphatic rings. The van der Waals surface area contributed by atoms with Crippen LogP contribution in [0.2, 0.25) is 0 Å². The Labute approximate surface area is 207 Å². The summed E-state index contributed by atoms with van der Waals surface area (Å²) in [6, 6.07) is 16.0. The van der Waals surface area contributed by atoms with Crippen molar-refractivity contribution < 1.29 is 4.79 Å². The topological polar surface area (TPSA) is 48.5 Å². The van der Waals surface area contributed by atoms with E-state index in [1.165, 1.54) is 0 Å². The summed E-state index contributed by atoms with van der Waals surface area (Å²) in [5.41, 5.74) is 4.74. The maximum Gasteiger partial charge on any atom is 0.253 e. The number of rotatable bonds is 4. The lowest BCUT2D eigenvalue weighted by Crippen LogP contribution is -2.47. The van der Waals surface area contributed by atoms with Crippen LogP contribution in [0.4, 0.5) is 11.4 Å². The van der Waals surface area contributed by atoms with Crippen molar-refractivity contribution in [3.8, 4) is 0 Å². The van der Waals surface area contributed by atoms with Crippen LogP contribution in [-0.2, 0) is 6.42 Å². The van der Waals surface area contributed by atoms with Crippen molar-refractivity contribution in [3.63, 3.8) is 0 Å². The molecule has 5 nitrogen and oxygen atoms in total. The highest BCUT2D eigenvalue weighted by atomic mass is 80.0. The van der Waals surface area contributed by atoms with E-state index in [0.29, 0.717) is 0 Å². The van der Waals surface area contributed by atoms with Gasteiger partial charge in [-0.3, -0.25) is 9.78 Å². The van der Waals surface area contributed by atoms with Crippen LogP contribution in [0.25, 0.3) is 10.9 Å². The summed E-state index contributed by atoms with van der Waals surface area (Å²) in [7, 11) is 2.09. The predicted molar refractivity (Wildman–Crippen MR) is 138 cm³/mol. The van der Waals surface area contributed by atoms with E-state index in [1.54, 1.807) is 0 Å². The Balaban J connectivity index is 1.49. The first-order chi connectivity index (χ1) is 14.8. The van der Waals surface area contributed by atoms with Crippen LogP contribution < -0.4 is 5.32 Å². The summed E-state index contributed by atoms with van der Waals surface area (Å²) >= 11 is 10.7. The third-order valence-electron chi connectivity index (χ3n) is 5.41. The van der Waals surface area contributed by atoms with Crippen LogP contribution in [-0.4, -0.2) is 56.1 Å². The Morgan fingerprint density at radius 3 is 2.42 bits per heavy atom. The maximum atomic E-state index is 12.8. The first kappa shape index (κ1) is 22.7. The Hall–Kier alpha value is -1.48. The van der Waals surface area contributed by atoms with Gasteiger partial charge in [0.2, 0.25) is 0 Å². The number of benzene rings is 2. The number of hydrogen-bond acceptors (Lipinski definition) is 4. The first-order valence-corrected chi connectivity index (χ1v) is 12.5. The Bertz CT molecular complexity index is 1070. The largest absolute Gasteiger partial charge is 0.355 e. The number of hydrogen-bond donors (Lipinski definition) is 1. The molecule has 8 heteroatoms. The van der Waals surface area contributed by atoms with Gasteiger partial charge in [0.05, 0.1) is 5.52 Å². The Morgan fingerprint density at radius 1 is 1.03 bits per heavy atom. The molecule has 31 heavy (non-hydrogen) atoms. The number of carbonyl (C=O) groups is 1. The molecule has 0 atom stereocenters. The van der Waals surface area contributed by atoms with Crippen LogP contribution in [0.15, 0.2) is 54.7 Å². The highest BCUT2D eigenvalue weighted by molar-refractivity contribution is 9.39. The van der Waals surface area contributed by atoms with E-state index in [0.717, 1.165) is 66.0 Å². The number of halogens is 3. The SMILES string of the molecule is CN1CCN(C(=O)c2ccc(Nc3ccnc4cc(CC(Br)(Br)Br)ccc34)cc2)CC1. The molecule has 1 saturated heterocycles. The molecule has 1 aliphatic heterocycles. The van der Waals surface area contributed by atoms with E-state index in [-0.39, 0.29) is 8.05 Å². The summed E-state index contributed by atoms with van der Waals surface area (Å²) in [4.78, 5) is 21.5. The average Bonchev–Trinajstić information content (AvgIpc) is 2.73. The van der Waals surface area contributed by atoms with Gasteiger partial charge in [0, 0.05) is 61.1 Å². The Kier molecular flexibility index (Phi) is 7.01. The minimum Gasteiger partial charge on any atom is -0.355 e. The molecule has 0 spiro atoms. The van der Waals surface area contributed by atoms with Crippen LogP contribution in [0, 0.1) is 0 Å². The van der Waals surface area contributed by atoms with Crippen molar-refractivity contribution in [1.82, 2.24) is 14.8 Å². The van der Waals surface area contributed by atoms with Gasteiger partial charge in [0.1, 0.15) is 2.14 Å². The zero-order chi connectivity index (χ0) is 22.0. The molecular formula is C23H23Br3N4O. The summed E-state index contributed by atoms with van der Waals surface area (Å²) in [5, 5.41) is 4.52. The van der Waals surface area contributed by atoms with Crippen molar-refractivity contribution in [2.75, 3.05) is 38.5 Å². The van der Waals surface area contributed by atoms with Gasteiger partial charge in [-0.25, -0.2) is 0 Å². The van der Waals surface area contributed by atoms with Gasteiger partial charge in [-0.15, -0.1) is 0 Å². The molecule has 162 valence electrons. The van der Waals surface area contributed by atoms with E-state index in [4.69, 9.17) is 0 Å². The normalized spacial score (nSPS) is 15.3. The minimum absolute atomic E-state index is 0.1000. The fraction of sp³-hybridized carbons (Fsp3) is 0.304. The van der Waals surface area contributed by atoms with E-state index >= 15 is 0 Å². The zero-order valence-electron chi connectivity index (χ0n) is 17.1. The van der Waals surface area contributed by atoms with E-state index in [1.807, 2.05) is 41.4 Å². The number of fused-ring (bicyclic) bond motifs is 1. The second kappa shape index (κ2) is 9.57. The quantitative estimate of drug-likeness (QED) is 0.383. The number of nitrogens with one attached hydrogen (secondary N) is 1. The van der Waals surface area contributed by atoms with Crippen LogP contribution in [0.5, 0.6) is 0 Å². The highest BCUT2D eigenvalue weighted by Crippen LogP contribution is 2.37. The fourth-order valence-corrected chi connectivity index (χ4v) is 4.66. The number of aromatic nitrogens is 1. The molecule has 1 aromatic heterocycles. The maximum absolute atomic E-state index is 12.8. The lowest BCUT2D eigenvalue weighted by Gasteiger charge is -2.32. The smallest absolute Gasteiger partial charge is 0.253 e. The van der Waals surface area contributed by atoms with Crippen molar-refractivity contribution in [1.29, 1.82) is 0 Å². The zero-order valence-corrected chi connectivity index (χ0v) is 21.9. The summed E-state index contributed by atoms with van der Waals surface area (Å²) in [5.74, 6) is 0.1000. The predicted octanol–water partition coefficient (Wildman–Crippen LogP) is 5.75. The third-order valence-corrected chi connectivity index (χ3v) is 6.25. The molecule has 2 aromatic carbocycles. The molecule has 0 unspecified atom stereocenters. The van der Waals surface area contributed by atoms with Gasteiger partial charge in [-0.05, 0) is 49.0 Å². The van der Waals surface area contributed by atoms with Crippen molar-refractivity contribution in [2.45, 2.75) is 8.56 Å². The lowest BCUT2D eigenvalue weighted by molar-refractivity contribution is 0.0664. The summed E-state index contributed by atoms with van der Waals surface area (Å²) in [6.45, 7) is 3.40. The van der Waals surface area contributed by atoms with E-state index in [9.17, 15) is 4.79 Å². The lowest BCUT2D eigenvalue weighted by atomic mass is 10.1. The second-order valence-corrected chi connectivity index (χ2v) is 15.1. The average molecular weight is 611 g/mol. The Morgan fingerprint density at radius 2 is 1.74 bits per heavy atom. The number of likely N-dealkylation sites (N-methyl/N-ethyl adjacent to an activating group) is 1. The van der Waals surface area contributed by atoms with Gasteiger partial charge in [0.15, 0.2) is 0 Å². The minimum atomic E-state index is -0.320. The molecule has 0 saturated carbocycles. The molecule has 0 aliphatic carbocycles. The number of carbonyl (C=O) groups excluding carboxylic acids is 1. The second-order valence-electron chi connectivity index (χ2n) is 7.80.